The van der Waals surface area contributed by atoms with E-state index in [1.165, 1.54) is 30.4 Å². The van der Waals surface area contributed by atoms with Crippen molar-refractivity contribution in [1.29, 1.82) is 0 Å². The summed E-state index contributed by atoms with van der Waals surface area (Å²) in [6, 6.07) is 0. The van der Waals surface area contributed by atoms with Crippen LogP contribution in [0, 0.1) is 17.3 Å². The minimum Gasteiger partial charge on any atom is -0.384 e. The fourth-order valence-electron chi connectivity index (χ4n) is 2.24. The molecule has 0 amide bonds. The molecule has 1 N–H and O–H groups in total. The number of aliphatic hydroxyl groups is 1. The van der Waals surface area contributed by atoms with Crippen LogP contribution in [-0.2, 0) is 0 Å². The average molecular weight is 204 g/mol. The first-order chi connectivity index (χ1) is 7.08. The largest absolute Gasteiger partial charge is 0.384 e. The molecule has 0 saturated carbocycles. The summed E-state index contributed by atoms with van der Waals surface area (Å²) in [5, 5.41) is 8.54. The van der Waals surface area contributed by atoms with Crippen LogP contribution in [0.2, 0.25) is 0 Å². The molecule has 1 heteroatoms. The summed E-state index contributed by atoms with van der Waals surface area (Å²) in [7, 11) is 0. The monoisotopic (exact) mass is 204 g/mol. The molecular weight excluding hydrogens is 184 g/mol. The van der Waals surface area contributed by atoms with E-state index in [-0.39, 0.29) is 12.0 Å². The lowest BCUT2D eigenvalue weighted by molar-refractivity contribution is 0.350. The molecule has 1 rings (SSSR count). The summed E-state index contributed by atoms with van der Waals surface area (Å²) in [4.78, 5) is 0. The predicted molar refractivity (Wildman–Crippen MR) is 64.3 cm³/mol. The molecule has 0 bridgehead atoms. The van der Waals surface area contributed by atoms with Gasteiger partial charge in [0.25, 0.3) is 0 Å². The lowest BCUT2D eigenvalue weighted by Crippen LogP contribution is -2.18. The van der Waals surface area contributed by atoms with Gasteiger partial charge < -0.3 is 5.11 Å². The smallest absolute Gasteiger partial charge is 0.104 e. The van der Waals surface area contributed by atoms with Crippen molar-refractivity contribution >= 4 is 0 Å². The van der Waals surface area contributed by atoms with E-state index in [2.05, 4.69) is 38.7 Å². The van der Waals surface area contributed by atoms with Crippen LogP contribution in [0.25, 0.3) is 0 Å². The van der Waals surface area contributed by atoms with E-state index in [0.717, 1.165) is 0 Å². The van der Waals surface area contributed by atoms with Crippen LogP contribution in [0.3, 0.4) is 0 Å². The van der Waals surface area contributed by atoms with Gasteiger partial charge in [0.05, 0.1) is 0 Å². The van der Waals surface area contributed by atoms with Crippen molar-refractivity contribution < 1.29 is 5.11 Å². The average Bonchev–Trinajstić information content (AvgIpc) is 2.15. The fourth-order valence-corrected chi connectivity index (χ4v) is 2.24. The Morgan fingerprint density at radius 1 is 1.47 bits per heavy atom. The zero-order chi connectivity index (χ0) is 11.3. The van der Waals surface area contributed by atoms with Gasteiger partial charge >= 0.3 is 0 Å². The molecule has 0 atom stereocenters. The van der Waals surface area contributed by atoms with E-state index in [9.17, 15) is 0 Å². The van der Waals surface area contributed by atoms with Crippen LogP contribution in [0.5, 0.6) is 0 Å². The SMILES string of the molecule is CC1=C(/C=C/C#CCO)C(C)(C)CCC1. The number of hydrogen-bond acceptors (Lipinski definition) is 1. The van der Waals surface area contributed by atoms with Gasteiger partial charge in [-0.05, 0) is 43.3 Å². The molecule has 0 unspecified atom stereocenters. The highest BCUT2D eigenvalue weighted by atomic mass is 16.2. The maximum atomic E-state index is 8.54. The Balaban J connectivity index is 2.85. The van der Waals surface area contributed by atoms with E-state index in [0.29, 0.717) is 0 Å². The van der Waals surface area contributed by atoms with Gasteiger partial charge in [-0.25, -0.2) is 0 Å². The molecular formula is C14H20O. The first-order valence-electron chi connectivity index (χ1n) is 5.54. The zero-order valence-corrected chi connectivity index (χ0v) is 9.93. The van der Waals surface area contributed by atoms with Gasteiger partial charge in [0, 0.05) is 0 Å². The van der Waals surface area contributed by atoms with Crippen molar-refractivity contribution in [2.45, 2.75) is 40.0 Å². The quantitative estimate of drug-likeness (QED) is 0.651. The van der Waals surface area contributed by atoms with Gasteiger partial charge in [-0.15, -0.1) is 0 Å². The number of hydrogen-bond donors (Lipinski definition) is 1. The Kier molecular flexibility index (Phi) is 4.17. The van der Waals surface area contributed by atoms with Crippen LogP contribution in [0.4, 0.5) is 0 Å². The lowest BCUT2D eigenvalue weighted by atomic mass is 9.73. The molecule has 0 aromatic carbocycles. The van der Waals surface area contributed by atoms with Crippen molar-refractivity contribution in [3.8, 4) is 11.8 Å². The summed E-state index contributed by atoms with van der Waals surface area (Å²) in [5.41, 5.74) is 3.17. The van der Waals surface area contributed by atoms with Gasteiger partial charge in [-0.3, -0.25) is 0 Å². The highest BCUT2D eigenvalue weighted by molar-refractivity contribution is 5.35. The second-order valence-electron chi connectivity index (χ2n) is 4.74. The molecule has 0 radical (unpaired) electrons. The minimum absolute atomic E-state index is 0.0637. The van der Waals surface area contributed by atoms with Gasteiger partial charge in [-0.2, -0.15) is 0 Å². The molecule has 0 fully saturated rings. The van der Waals surface area contributed by atoms with Crippen LogP contribution in [0.15, 0.2) is 23.3 Å². The van der Waals surface area contributed by atoms with Crippen molar-refractivity contribution in [1.82, 2.24) is 0 Å². The molecule has 0 aliphatic heterocycles. The summed E-state index contributed by atoms with van der Waals surface area (Å²) in [6.07, 6.45) is 7.70. The Hall–Kier alpha value is -1.00. The van der Waals surface area contributed by atoms with E-state index in [1.54, 1.807) is 0 Å². The zero-order valence-electron chi connectivity index (χ0n) is 9.93. The van der Waals surface area contributed by atoms with E-state index < -0.39 is 0 Å². The first kappa shape index (κ1) is 12.1. The Morgan fingerprint density at radius 3 is 2.80 bits per heavy atom. The highest BCUT2D eigenvalue weighted by Gasteiger charge is 2.26. The Bertz CT molecular complexity index is 334. The summed E-state index contributed by atoms with van der Waals surface area (Å²) >= 11 is 0. The number of allylic oxidation sites excluding steroid dienone is 4. The van der Waals surface area contributed by atoms with Crippen LogP contribution in [0.1, 0.15) is 40.0 Å². The molecule has 15 heavy (non-hydrogen) atoms. The molecule has 82 valence electrons. The van der Waals surface area contributed by atoms with Crippen LogP contribution >= 0.6 is 0 Å². The molecule has 0 aromatic heterocycles. The lowest BCUT2D eigenvalue weighted by Gasteiger charge is -2.32. The van der Waals surface area contributed by atoms with Crippen LogP contribution in [-0.4, -0.2) is 11.7 Å². The van der Waals surface area contributed by atoms with E-state index in [4.69, 9.17) is 5.11 Å². The molecule has 0 saturated heterocycles. The Labute approximate surface area is 92.9 Å². The second kappa shape index (κ2) is 5.19. The number of aliphatic hydroxyl groups excluding tert-OH is 1. The van der Waals surface area contributed by atoms with Crippen molar-refractivity contribution in [3.05, 3.63) is 23.3 Å². The third-order valence-corrected chi connectivity index (χ3v) is 3.06. The van der Waals surface area contributed by atoms with Crippen molar-refractivity contribution in [3.63, 3.8) is 0 Å². The standard InChI is InChI=1S/C14H20O/c1-12-8-7-10-14(2,3)13(12)9-5-4-6-11-15/h5,9,15H,7-8,10-11H2,1-3H3/b9-5+. The van der Waals surface area contributed by atoms with Crippen molar-refractivity contribution in [2.24, 2.45) is 5.41 Å². The Morgan fingerprint density at radius 2 is 2.20 bits per heavy atom. The van der Waals surface area contributed by atoms with Gasteiger partial charge in [0.1, 0.15) is 6.61 Å². The van der Waals surface area contributed by atoms with Crippen LogP contribution < -0.4 is 0 Å². The third kappa shape index (κ3) is 3.25. The maximum Gasteiger partial charge on any atom is 0.104 e. The van der Waals surface area contributed by atoms with E-state index in [1.807, 2.05) is 6.08 Å². The highest BCUT2D eigenvalue weighted by Crippen LogP contribution is 2.40. The van der Waals surface area contributed by atoms with Gasteiger partial charge in [0.15, 0.2) is 0 Å². The molecule has 1 aliphatic rings. The second-order valence-corrected chi connectivity index (χ2v) is 4.74. The number of rotatable bonds is 1. The fraction of sp³-hybridized carbons (Fsp3) is 0.571. The third-order valence-electron chi connectivity index (χ3n) is 3.06. The molecule has 0 spiro atoms. The predicted octanol–water partition coefficient (Wildman–Crippen LogP) is 3.06. The summed E-state index contributed by atoms with van der Waals surface area (Å²) < 4.78 is 0. The summed E-state index contributed by atoms with van der Waals surface area (Å²) in [6.45, 7) is 6.72. The van der Waals surface area contributed by atoms with Crippen molar-refractivity contribution in [2.75, 3.05) is 6.61 Å². The van der Waals surface area contributed by atoms with E-state index >= 15 is 0 Å². The normalized spacial score (nSPS) is 20.3. The van der Waals surface area contributed by atoms with Gasteiger partial charge in [-0.1, -0.05) is 37.3 Å². The molecule has 0 aromatic rings. The summed E-state index contributed by atoms with van der Waals surface area (Å²) in [5.74, 6) is 5.45. The maximum absolute atomic E-state index is 8.54. The molecule has 1 nitrogen and oxygen atoms in total. The topological polar surface area (TPSA) is 20.2 Å². The molecule has 0 heterocycles. The minimum atomic E-state index is -0.0637. The first-order valence-corrected chi connectivity index (χ1v) is 5.54. The molecule has 1 aliphatic carbocycles. The van der Waals surface area contributed by atoms with Gasteiger partial charge in [0.2, 0.25) is 0 Å².